The fourth-order valence-corrected chi connectivity index (χ4v) is 5.64. The maximum absolute atomic E-state index is 12.7. The van der Waals surface area contributed by atoms with Crippen LogP contribution < -0.4 is 5.32 Å². The molecule has 1 aliphatic rings. The number of amides is 2. The highest BCUT2D eigenvalue weighted by molar-refractivity contribution is 7.10. The minimum absolute atomic E-state index is 0.0217. The number of anilines is 1. The van der Waals surface area contributed by atoms with Gasteiger partial charge in [0, 0.05) is 17.2 Å². The summed E-state index contributed by atoms with van der Waals surface area (Å²) in [6.45, 7) is 12.9. The zero-order valence-corrected chi connectivity index (χ0v) is 20.3. The van der Waals surface area contributed by atoms with Crippen LogP contribution in [0.1, 0.15) is 72.1 Å². The van der Waals surface area contributed by atoms with Gasteiger partial charge in [0.05, 0.1) is 12.2 Å². The fourth-order valence-electron chi connectivity index (χ4n) is 4.54. The highest BCUT2D eigenvalue weighted by Gasteiger charge is 2.62. The summed E-state index contributed by atoms with van der Waals surface area (Å²) in [5, 5.41) is 25.1. The zero-order valence-electron chi connectivity index (χ0n) is 19.4. The van der Waals surface area contributed by atoms with Crippen molar-refractivity contribution in [3.05, 3.63) is 16.3 Å². The van der Waals surface area contributed by atoms with E-state index in [4.69, 9.17) is 4.74 Å². The number of carboxylic acids is 1. The van der Waals surface area contributed by atoms with E-state index in [0.29, 0.717) is 18.7 Å². The highest BCUT2D eigenvalue weighted by atomic mass is 32.1. The SMILES string of the molecule is CCC1(C(=O)O)C[N+](C(=O)O)(C(C)(C)C)CCC1c1sccc1NC(=O)OC(C)(C)C. The Kier molecular flexibility index (Phi) is 6.83. The Labute approximate surface area is 187 Å². The molecule has 1 aromatic rings. The van der Waals surface area contributed by atoms with Crippen molar-refractivity contribution in [2.75, 3.05) is 18.4 Å². The summed E-state index contributed by atoms with van der Waals surface area (Å²) in [6.07, 6.45) is -0.957. The first-order valence-electron chi connectivity index (χ1n) is 10.5. The molecule has 2 heterocycles. The van der Waals surface area contributed by atoms with E-state index in [2.05, 4.69) is 5.32 Å². The van der Waals surface area contributed by atoms with E-state index in [0.717, 1.165) is 4.88 Å². The van der Waals surface area contributed by atoms with Crippen molar-refractivity contribution in [3.63, 3.8) is 0 Å². The Morgan fingerprint density at radius 1 is 1.23 bits per heavy atom. The van der Waals surface area contributed by atoms with Gasteiger partial charge in [0.15, 0.2) is 0 Å². The summed E-state index contributed by atoms with van der Waals surface area (Å²) in [5.41, 5.74) is -2.09. The molecule has 0 bridgehead atoms. The van der Waals surface area contributed by atoms with Crippen LogP contribution in [0.15, 0.2) is 11.4 Å². The summed E-state index contributed by atoms with van der Waals surface area (Å²) >= 11 is 1.38. The van der Waals surface area contributed by atoms with Crippen molar-refractivity contribution in [2.24, 2.45) is 5.41 Å². The van der Waals surface area contributed by atoms with Crippen LogP contribution in [0.5, 0.6) is 0 Å². The standard InChI is InChI=1S/C22H34N2O6S/c1-8-22(17(25)26)13-24(19(28)29,20(2,3)4)11-9-14(22)16-15(10-12-31-16)23-18(27)30-21(5,6)7/h10,12,14H,8-9,11,13H2,1-7H3,(H2-,23,25,26,27,28,29)/p+1. The van der Waals surface area contributed by atoms with Crippen molar-refractivity contribution in [3.8, 4) is 0 Å². The van der Waals surface area contributed by atoms with Crippen LogP contribution in [0.2, 0.25) is 0 Å². The maximum Gasteiger partial charge on any atom is 0.514 e. The molecule has 1 aromatic heterocycles. The first-order chi connectivity index (χ1) is 14.1. The van der Waals surface area contributed by atoms with Gasteiger partial charge in [0.2, 0.25) is 0 Å². The molecule has 1 aliphatic heterocycles. The van der Waals surface area contributed by atoms with Gasteiger partial charge in [0.25, 0.3) is 0 Å². The van der Waals surface area contributed by atoms with E-state index in [1.807, 2.05) is 26.2 Å². The predicted octanol–water partition coefficient (Wildman–Crippen LogP) is 5.36. The number of quaternary nitrogens is 1. The predicted molar refractivity (Wildman–Crippen MR) is 120 cm³/mol. The number of piperidine rings is 1. The van der Waals surface area contributed by atoms with Gasteiger partial charge in [-0.3, -0.25) is 10.1 Å². The van der Waals surface area contributed by atoms with Gasteiger partial charge >= 0.3 is 18.2 Å². The molecule has 0 aromatic carbocycles. The van der Waals surface area contributed by atoms with E-state index in [-0.39, 0.29) is 17.4 Å². The van der Waals surface area contributed by atoms with Gasteiger partial charge in [0.1, 0.15) is 23.1 Å². The lowest BCUT2D eigenvalue weighted by molar-refractivity contribution is -0.914. The molecule has 0 spiro atoms. The topological polar surface area (TPSA) is 113 Å². The summed E-state index contributed by atoms with van der Waals surface area (Å²) < 4.78 is 5.03. The van der Waals surface area contributed by atoms with Crippen LogP contribution in [0, 0.1) is 5.41 Å². The molecule has 8 nitrogen and oxygen atoms in total. The number of hydrogen-bond donors (Lipinski definition) is 3. The smallest absolute Gasteiger partial charge is 0.481 e. The molecular formula is C22H35N2O6S+. The number of hydrogen-bond acceptors (Lipinski definition) is 5. The average Bonchev–Trinajstić information content (AvgIpc) is 3.05. The van der Waals surface area contributed by atoms with E-state index in [1.165, 1.54) is 11.3 Å². The van der Waals surface area contributed by atoms with Crippen LogP contribution >= 0.6 is 11.3 Å². The van der Waals surface area contributed by atoms with Gasteiger partial charge in [-0.05, 0) is 59.4 Å². The Morgan fingerprint density at radius 3 is 2.29 bits per heavy atom. The molecule has 3 unspecified atom stereocenters. The Balaban J connectivity index is 2.49. The van der Waals surface area contributed by atoms with Crippen LogP contribution in [0.3, 0.4) is 0 Å². The molecule has 31 heavy (non-hydrogen) atoms. The third kappa shape index (κ3) is 4.72. The summed E-state index contributed by atoms with van der Waals surface area (Å²) in [5.74, 6) is -1.43. The lowest BCUT2D eigenvalue weighted by atomic mass is 9.66. The molecule has 3 N–H and O–H groups in total. The van der Waals surface area contributed by atoms with Crippen molar-refractivity contribution in [2.45, 2.75) is 78.4 Å². The average molecular weight is 456 g/mol. The van der Waals surface area contributed by atoms with Crippen LogP contribution in [0.25, 0.3) is 0 Å². The number of carbonyl (C=O) groups excluding carboxylic acids is 1. The van der Waals surface area contributed by atoms with E-state index in [1.54, 1.807) is 33.8 Å². The van der Waals surface area contributed by atoms with Crippen LogP contribution in [-0.2, 0) is 9.53 Å². The minimum Gasteiger partial charge on any atom is -0.481 e. The number of likely N-dealkylation sites (tertiary alicyclic amines) is 1. The second kappa shape index (κ2) is 8.43. The summed E-state index contributed by atoms with van der Waals surface area (Å²) in [7, 11) is 0. The van der Waals surface area contributed by atoms with Crippen LogP contribution in [-0.4, -0.2) is 57.1 Å². The number of thiophene rings is 1. The molecule has 2 rings (SSSR count). The molecule has 9 heteroatoms. The lowest BCUT2D eigenvalue weighted by Crippen LogP contribution is -2.71. The Hall–Kier alpha value is -2.13. The quantitative estimate of drug-likeness (QED) is 0.527. The Morgan fingerprint density at radius 2 is 1.84 bits per heavy atom. The molecule has 1 fully saturated rings. The van der Waals surface area contributed by atoms with Gasteiger partial charge in [-0.15, -0.1) is 11.3 Å². The number of nitrogens with zero attached hydrogens (tertiary/aromatic N) is 1. The van der Waals surface area contributed by atoms with Gasteiger partial charge in [-0.25, -0.2) is 9.28 Å². The number of carboxylic acid groups (broad SMARTS) is 2. The highest BCUT2D eigenvalue weighted by Crippen LogP contribution is 2.53. The third-order valence-electron chi connectivity index (χ3n) is 6.37. The van der Waals surface area contributed by atoms with Crippen molar-refractivity contribution < 1.29 is 33.8 Å². The second-order valence-electron chi connectivity index (χ2n) is 10.3. The molecule has 1 saturated heterocycles. The van der Waals surface area contributed by atoms with Crippen molar-refractivity contribution in [1.29, 1.82) is 0 Å². The van der Waals surface area contributed by atoms with E-state index in [9.17, 15) is 24.6 Å². The number of rotatable bonds is 4. The van der Waals surface area contributed by atoms with Crippen molar-refractivity contribution >= 4 is 35.2 Å². The summed E-state index contributed by atoms with van der Waals surface area (Å²) in [4.78, 5) is 38.1. The van der Waals surface area contributed by atoms with Gasteiger partial charge in [-0.2, -0.15) is 4.79 Å². The molecule has 0 radical (unpaired) electrons. The van der Waals surface area contributed by atoms with E-state index < -0.39 is 40.6 Å². The molecule has 0 aliphatic carbocycles. The number of aliphatic carboxylic acids is 1. The molecule has 0 saturated carbocycles. The zero-order chi connectivity index (χ0) is 23.8. The van der Waals surface area contributed by atoms with Gasteiger partial charge in [-0.1, -0.05) is 6.92 Å². The minimum atomic E-state index is -1.28. The van der Waals surface area contributed by atoms with Gasteiger partial charge < -0.3 is 14.9 Å². The monoisotopic (exact) mass is 455 g/mol. The molecular weight excluding hydrogens is 420 g/mol. The summed E-state index contributed by atoms with van der Waals surface area (Å²) in [6, 6.07) is 1.74. The van der Waals surface area contributed by atoms with Crippen molar-refractivity contribution in [1.82, 2.24) is 0 Å². The Bertz CT molecular complexity index is 853. The van der Waals surface area contributed by atoms with E-state index >= 15 is 0 Å². The largest absolute Gasteiger partial charge is 0.514 e. The number of carbonyl (C=O) groups is 3. The first kappa shape index (κ1) is 25.1. The number of ether oxygens (including phenoxy) is 1. The third-order valence-corrected chi connectivity index (χ3v) is 7.40. The molecule has 2 amide bonds. The van der Waals surface area contributed by atoms with Crippen LogP contribution in [0.4, 0.5) is 15.3 Å². The first-order valence-corrected chi connectivity index (χ1v) is 11.4. The normalized spacial score (nSPS) is 26.9. The maximum atomic E-state index is 12.7. The fraction of sp³-hybridized carbons (Fsp3) is 0.682. The molecule has 174 valence electrons. The number of nitrogens with one attached hydrogen (secondary N) is 1. The lowest BCUT2D eigenvalue weighted by Gasteiger charge is -2.53. The molecule has 3 atom stereocenters. The second-order valence-corrected chi connectivity index (χ2v) is 11.2.